The lowest BCUT2D eigenvalue weighted by atomic mass is 10.1. The zero-order valence-corrected chi connectivity index (χ0v) is 14.4. The molecule has 0 rings (SSSR count). The summed E-state index contributed by atoms with van der Waals surface area (Å²) in [5, 5.41) is 0. The highest BCUT2D eigenvalue weighted by molar-refractivity contribution is 7.41. The Labute approximate surface area is 124 Å². The van der Waals surface area contributed by atoms with Gasteiger partial charge >= 0.3 is 0 Å². The maximum Gasteiger partial charge on any atom is -0.0250 e. The Morgan fingerprint density at radius 1 is 0.632 bits per heavy atom. The Bertz CT molecular complexity index is 175. The monoisotopic (exact) mass is 283 g/mol. The minimum atomic E-state index is 1.28. The molecular formula is C18H36P. The van der Waals surface area contributed by atoms with Gasteiger partial charge in [-0.25, -0.2) is 0 Å². The molecule has 0 fully saturated rings. The average molecular weight is 283 g/mol. The van der Waals surface area contributed by atoms with E-state index in [1.807, 2.05) is 0 Å². The van der Waals surface area contributed by atoms with Crippen LogP contribution in [0.3, 0.4) is 0 Å². The van der Waals surface area contributed by atoms with Crippen LogP contribution in [0.2, 0.25) is 0 Å². The van der Waals surface area contributed by atoms with Gasteiger partial charge in [-0.15, -0.1) is 0 Å². The summed E-state index contributed by atoms with van der Waals surface area (Å²) >= 11 is 0. The van der Waals surface area contributed by atoms with E-state index in [-0.39, 0.29) is 0 Å². The molecule has 0 aliphatic rings. The number of allylic oxidation sites excluding steroid dienone is 1. The average Bonchev–Trinajstić information content (AvgIpc) is 2.43. The largest absolute Gasteiger partial charge is 0.0837 e. The predicted molar refractivity (Wildman–Crippen MR) is 92.3 cm³/mol. The van der Waals surface area contributed by atoms with Crippen LogP contribution < -0.4 is 0 Å². The van der Waals surface area contributed by atoms with Gasteiger partial charge in [-0.1, -0.05) is 105 Å². The quantitative estimate of drug-likeness (QED) is 0.215. The summed E-state index contributed by atoms with van der Waals surface area (Å²) in [6, 6.07) is 0. The number of hydrogen-bond donors (Lipinski definition) is 0. The summed E-state index contributed by atoms with van der Waals surface area (Å²) < 4.78 is 0. The third-order valence-electron chi connectivity index (χ3n) is 3.58. The van der Waals surface area contributed by atoms with E-state index in [0.29, 0.717) is 0 Å². The van der Waals surface area contributed by atoms with Crippen LogP contribution in [0.5, 0.6) is 0 Å². The maximum atomic E-state index is 2.36. The fraction of sp³-hybridized carbons (Fsp3) is 0.889. The molecule has 0 N–H and O–H groups in total. The van der Waals surface area contributed by atoms with Gasteiger partial charge < -0.3 is 0 Å². The van der Waals surface area contributed by atoms with Crippen LogP contribution in [0, 0.1) is 0 Å². The molecule has 0 aromatic rings. The minimum absolute atomic E-state index is 1.28. The van der Waals surface area contributed by atoms with E-state index in [1.54, 1.807) is 0 Å². The van der Waals surface area contributed by atoms with Gasteiger partial charge in [0.25, 0.3) is 0 Å². The second-order valence-corrected chi connectivity index (χ2v) is 6.73. The normalized spacial score (nSPS) is 12.1. The molecule has 0 aromatic carbocycles. The molecule has 19 heavy (non-hydrogen) atoms. The topological polar surface area (TPSA) is 0 Å². The van der Waals surface area contributed by atoms with Crippen molar-refractivity contribution in [2.24, 2.45) is 0 Å². The first-order valence-corrected chi connectivity index (χ1v) is 9.88. The molecule has 0 atom stereocenters. The molecular weight excluding hydrogens is 247 g/mol. The molecule has 0 saturated heterocycles. The summed E-state index contributed by atoms with van der Waals surface area (Å²) in [6.07, 6.45) is 22.2. The molecule has 1 heteroatoms. The molecule has 0 heterocycles. The highest BCUT2D eigenvalue weighted by Crippen LogP contribution is 2.17. The fourth-order valence-corrected chi connectivity index (χ4v) is 3.09. The Balaban J connectivity index is 2.97. The molecule has 0 unspecified atom stereocenters. The lowest BCUT2D eigenvalue weighted by Crippen LogP contribution is -1.82. The van der Waals surface area contributed by atoms with Gasteiger partial charge in [-0.3, -0.25) is 0 Å². The minimum Gasteiger partial charge on any atom is -0.0837 e. The highest BCUT2D eigenvalue weighted by Gasteiger charge is 1.92. The van der Waals surface area contributed by atoms with Gasteiger partial charge in [0, 0.05) is 0 Å². The predicted octanol–water partition coefficient (Wildman–Crippen LogP) is 7.56. The maximum absolute atomic E-state index is 2.36. The third-order valence-corrected chi connectivity index (χ3v) is 4.57. The first kappa shape index (κ1) is 19.2. The molecule has 0 aliphatic carbocycles. The summed E-state index contributed by atoms with van der Waals surface area (Å²) in [7, 11) is 1.54. The molecule has 0 spiro atoms. The van der Waals surface area contributed by atoms with E-state index in [4.69, 9.17) is 0 Å². The lowest BCUT2D eigenvalue weighted by molar-refractivity contribution is 0.563. The van der Waals surface area contributed by atoms with Crippen LogP contribution in [-0.2, 0) is 0 Å². The summed E-state index contributed by atoms with van der Waals surface area (Å²) in [4.78, 5) is 0. The van der Waals surface area contributed by atoms with Crippen molar-refractivity contribution >= 4 is 8.58 Å². The van der Waals surface area contributed by atoms with Gasteiger partial charge in [0.2, 0.25) is 0 Å². The van der Waals surface area contributed by atoms with Gasteiger partial charge in [-0.2, -0.15) is 0 Å². The third kappa shape index (κ3) is 18.2. The van der Waals surface area contributed by atoms with Crippen molar-refractivity contribution in [2.75, 3.05) is 6.16 Å². The smallest absolute Gasteiger partial charge is 0.0250 e. The van der Waals surface area contributed by atoms with Crippen LogP contribution in [0.15, 0.2) is 11.9 Å². The standard InChI is InChI=1S/C18H36P/c1-3-5-7-9-10-11-12-13-14-16-18-19-17-15-8-6-4-2/h15,17H,3-14,16,18H2,1-2H3. The van der Waals surface area contributed by atoms with Crippen LogP contribution >= 0.6 is 8.58 Å². The van der Waals surface area contributed by atoms with Crippen LogP contribution in [-0.4, -0.2) is 6.16 Å². The Kier molecular flexibility index (Phi) is 18.3. The summed E-state index contributed by atoms with van der Waals surface area (Å²) in [5.41, 5.74) is 0. The highest BCUT2D eigenvalue weighted by atomic mass is 31.1. The van der Waals surface area contributed by atoms with Crippen LogP contribution in [0.4, 0.5) is 0 Å². The fourth-order valence-electron chi connectivity index (χ4n) is 2.24. The van der Waals surface area contributed by atoms with E-state index in [9.17, 15) is 0 Å². The number of rotatable bonds is 15. The molecule has 0 amide bonds. The van der Waals surface area contributed by atoms with E-state index in [2.05, 4.69) is 25.7 Å². The SMILES string of the molecule is CCCCC=C[P]CCCCCCCCCCCC. The molecule has 0 aliphatic heterocycles. The molecule has 0 saturated carbocycles. The van der Waals surface area contributed by atoms with E-state index < -0.39 is 0 Å². The van der Waals surface area contributed by atoms with E-state index in [0.717, 1.165) is 0 Å². The number of hydrogen-bond acceptors (Lipinski definition) is 0. The van der Waals surface area contributed by atoms with Gasteiger partial charge in [0.15, 0.2) is 0 Å². The first-order valence-electron chi connectivity index (χ1n) is 8.73. The molecule has 0 bridgehead atoms. The van der Waals surface area contributed by atoms with Crippen molar-refractivity contribution in [3.63, 3.8) is 0 Å². The summed E-state index contributed by atoms with van der Waals surface area (Å²) in [6.45, 7) is 4.55. The second kappa shape index (κ2) is 18.2. The van der Waals surface area contributed by atoms with Crippen molar-refractivity contribution in [2.45, 2.75) is 97.3 Å². The Morgan fingerprint density at radius 3 is 1.74 bits per heavy atom. The molecule has 113 valence electrons. The second-order valence-electron chi connectivity index (χ2n) is 5.62. The first-order chi connectivity index (χ1) is 9.41. The zero-order chi connectivity index (χ0) is 14.0. The summed E-state index contributed by atoms with van der Waals surface area (Å²) in [5.74, 6) is 2.36. The van der Waals surface area contributed by atoms with E-state index in [1.165, 1.54) is 98.2 Å². The number of unbranched alkanes of at least 4 members (excludes halogenated alkanes) is 11. The molecule has 0 nitrogen and oxygen atoms in total. The van der Waals surface area contributed by atoms with Crippen molar-refractivity contribution in [3.05, 3.63) is 11.9 Å². The van der Waals surface area contributed by atoms with Crippen molar-refractivity contribution < 1.29 is 0 Å². The van der Waals surface area contributed by atoms with Crippen molar-refractivity contribution in [1.82, 2.24) is 0 Å². The zero-order valence-electron chi connectivity index (χ0n) is 13.5. The van der Waals surface area contributed by atoms with Gasteiger partial charge in [-0.05, 0) is 19.0 Å². The van der Waals surface area contributed by atoms with Crippen LogP contribution in [0.25, 0.3) is 0 Å². The molecule has 0 aromatic heterocycles. The van der Waals surface area contributed by atoms with Gasteiger partial charge in [0.1, 0.15) is 0 Å². The Hall–Kier alpha value is 0.170. The van der Waals surface area contributed by atoms with E-state index >= 15 is 0 Å². The lowest BCUT2D eigenvalue weighted by Gasteiger charge is -2.01. The van der Waals surface area contributed by atoms with Gasteiger partial charge in [0.05, 0.1) is 0 Å². The van der Waals surface area contributed by atoms with Crippen LogP contribution in [0.1, 0.15) is 97.3 Å². The van der Waals surface area contributed by atoms with Crippen molar-refractivity contribution in [1.29, 1.82) is 0 Å². The Morgan fingerprint density at radius 2 is 1.16 bits per heavy atom. The molecule has 1 radical (unpaired) electrons. The van der Waals surface area contributed by atoms with Crippen molar-refractivity contribution in [3.8, 4) is 0 Å².